The van der Waals surface area contributed by atoms with E-state index in [4.69, 9.17) is 0 Å². The van der Waals surface area contributed by atoms with Gasteiger partial charge in [-0.3, -0.25) is 19.6 Å². The van der Waals surface area contributed by atoms with Crippen molar-refractivity contribution in [2.45, 2.75) is 421 Å². The van der Waals surface area contributed by atoms with Crippen LogP contribution < -0.4 is 0 Å². The van der Waals surface area contributed by atoms with Crippen LogP contribution in [0.5, 0.6) is 0 Å². The van der Waals surface area contributed by atoms with Crippen molar-refractivity contribution >= 4 is 0 Å². The average molecular weight is 1100 g/mol. The summed E-state index contributed by atoms with van der Waals surface area (Å²) in [5.74, 6) is 9.97. The molecule has 12 aliphatic rings. The molecule has 0 spiro atoms. The van der Waals surface area contributed by atoms with E-state index in [1.807, 2.05) is 0 Å². The molecule has 8 atom stereocenters. The second-order valence-electron chi connectivity index (χ2n) is 33.5. The van der Waals surface area contributed by atoms with Crippen LogP contribution >= 0.6 is 0 Å². The van der Waals surface area contributed by atoms with E-state index in [1.54, 1.807) is 77.0 Å². The highest BCUT2D eigenvalue weighted by Gasteiger charge is 2.46. The molecule has 0 heterocycles. The summed E-state index contributed by atoms with van der Waals surface area (Å²) in [7, 11) is 0. The molecule has 0 aromatic rings. The smallest absolute Gasteiger partial charge is 0.0104 e. The fraction of sp³-hybridized carbons (Fsp3) is 1.00. The molecule has 0 amide bonds. The summed E-state index contributed by atoms with van der Waals surface area (Å²) in [5, 5.41) is 0. The largest absolute Gasteiger partial charge is 0.294 e. The zero-order valence-electron chi connectivity index (χ0n) is 53.8. The highest BCUT2D eigenvalue weighted by atomic mass is 15.2. The highest BCUT2D eigenvalue weighted by Crippen LogP contribution is 2.50. The third-order valence-corrected chi connectivity index (χ3v) is 28.3. The molecule has 12 fully saturated rings. The molecule has 458 valence electrons. The summed E-state index contributed by atoms with van der Waals surface area (Å²) in [4.78, 5) is 13.2. The maximum atomic E-state index is 3.33. The minimum atomic E-state index is 0.894. The molecule has 4 heteroatoms. The van der Waals surface area contributed by atoms with E-state index in [-0.39, 0.29) is 0 Å². The first-order chi connectivity index (χ1) is 39.3. The number of rotatable bonds is 15. The Morgan fingerprint density at radius 2 is 0.312 bits per heavy atom. The minimum Gasteiger partial charge on any atom is -0.294 e. The highest BCUT2D eigenvalue weighted by molar-refractivity contribution is 5.00. The second kappa shape index (κ2) is 29.2. The Labute approximate surface area is 497 Å². The summed E-state index contributed by atoms with van der Waals surface area (Å²) < 4.78 is 0. The van der Waals surface area contributed by atoms with Crippen LogP contribution in [0.15, 0.2) is 0 Å². The molecule has 0 aliphatic heterocycles. The van der Waals surface area contributed by atoms with Gasteiger partial charge < -0.3 is 0 Å². The number of hydrogen-bond acceptors (Lipinski definition) is 4. The Hall–Kier alpha value is -0.160. The van der Waals surface area contributed by atoms with Crippen LogP contribution in [-0.4, -0.2) is 92.1 Å². The number of hydrogen-bond donors (Lipinski definition) is 0. The summed E-state index contributed by atoms with van der Waals surface area (Å²) in [6.07, 6.45) is 76.1. The molecule has 0 N–H and O–H groups in total. The van der Waals surface area contributed by atoms with E-state index in [9.17, 15) is 0 Å². The molecule has 4 nitrogen and oxygen atoms in total. The third kappa shape index (κ3) is 14.9. The number of nitrogens with zero attached hydrogens (tertiary/aromatic N) is 4. The Balaban J connectivity index is 0.605. The zero-order chi connectivity index (χ0) is 54.4. The molecule has 80 heavy (non-hydrogen) atoms. The maximum Gasteiger partial charge on any atom is 0.0104 e. The van der Waals surface area contributed by atoms with Crippen molar-refractivity contribution in [3.63, 3.8) is 0 Å². The first-order valence-corrected chi connectivity index (χ1v) is 38.4. The van der Waals surface area contributed by atoms with Crippen LogP contribution in [0.25, 0.3) is 0 Å². The van der Waals surface area contributed by atoms with Gasteiger partial charge in [-0.25, -0.2) is 0 Å². The van der Waals surface area contributed by atoms with E-state index in [2.05, 4.69) is 47.3 Å². The van der Waals surface area contributed by atoms with Crippen LogP contribution in [0, 0.1) is 59.2 Å². The normalized spacial score (nSPS) is 44.9. The van der Waals surface area contributed by atoms with Crippen molar-refractivity contribution < 1.29 is 0 Å². The van der Waals surface area contributed by atoms with Gasteiger partial charge in [0.2, 0.25) is 0 Å². The molecule has 0 radical (unpaired) electrons. The van der Waals surface area contributed by atoms with Gasteiger partial charge in [0.15, 0.2) is 0 Å². The molecular weight excluding hydrogens is 969 g/mol. The standard InChI is InChI=1S/C76H134N4/c1-55-15-11-23-73(51-55)79(74-24-12-16-56(2)52-74)71-47-35-63(36-48-71)61-31-43-69(44-32-61)77(65-19-7-5-8-20-65)67-39-27-59(28-40-67)60-29-41-68(42-30-60)78(66-21-9-6-10-22-66)70-45-33-62(34-46-70)64-37-49-72(50-38-64)80(75-25-13-17-57(3)53-75)76-26-14-18-58(4)54-76/h55-76H,5-54H2,1-4H3. The van der Waals surface area contributed by atoms with E-state index < -0.39 is 0 Å². The molecule has 0 bridgehead atoms. The lowest BCUT2D eigenvalue weighted by Gasteiger charge is -2.52. The van der Waals surface area contributed by atoms with Gasteiger partial charge in [0.1, 0.15) is 0 Å². The summed E-state index contributed by atoms with van der Waals surface area (Å²) in [6.45, 7) is 10.3. The van der Waals surface area contributed by atoms with Crippen molar-refractivity contribution in [3.8, 4) is 0 Å². The van der Waals surface area contributed by atoms with Crippen LogP contribution in [0.4, 0.5) is 0 Å². The second-order valence-corrected chi connectivity index (χ2v) is 33.5. The Bertz CT molecular complexity index is 1580. The lowest BCUT2D eigenvalue weighted by Crippen LogP contribution is -2.54. The predicted molar refractivity (Wildman–Crippen MR) is 341 cm³/mol. The minimum absolute atomic E-state index is 0.894. The van der Waals surface area contributed by atoms with Gasteiger partial charge >= 0.3 is 0 Å². The van der Waals surface area contributed by atoms with Gasteiger partial charge in [-0.05, 0) is 290 Å². The molecule has 0 aromatic heterocycles. The predicted octanol–water partition coefficient (Wildman–Crippen LogP) is 20.5. The first-order valence-electron chi connectivity index (χ1n) is 38.4. The van der Waals surface area contributed by atoms with Crippen LogP contribution in [0.1, 0.15) is 349 Å². The van der Waals surface area contributed by atoms with Gasteiger partial charge in [0.05, 0.1) is 0 Å². The first kappa shape index (κ1) is 60.1. The molecule has 0 aromatic carbocycles. The van der Waals surface area contributed by atoms with E-state index >= 15 is 0 Å². The Kier molecular flexibility index (Phi) is 22.0. The van der Waals surface area contributed by atoms with Gasteiger partial charge in [0, 0.05) is 72.5 Å². The molecule has 12 rings (SSSR count). The third-order valence-electron chi connectivity index (χ3n) is 28.3. The summed E-state index contributed by atoms with van der Waals surface area (Å²) in [5.41, 5.74) is 0. The quantitative estimate of drug-likeness (QED) is 0.162. The monoisotopic (exact) mass is 1100 g/mol. The topological polar surface area (TPSA) is 13.0 Å². The fourth-order valence-electron chi connectivity index (χ4n) is 24.3. The van der Waals surface area contributed by atoms with Crippen LogP contribution in [0.2, 0.25) is 0 Å². The molecule has 12 aliphatic carbocycles. The van der Waals surface area contributed by atoms with Gasteiger partial charge in [-0.1, -0.05) is 118 Å². The van der Waals surface area contributed by atoms with Crippen molar-refractivity contribution in [1.82, 2.24) is 19.6 Å². The molecule has 0 saturated heterocycles. The SMILES string of the molecule is CC1CCCC(N(C2CCC(C3CCC(N(C4CCCCC4)C4CCC(C5CCC(N(C6CCCCC6)C6CCC(C7CCC(N(C8CCCC(C)C8)C8CCCC(C)C8)CC7)CC6)CC5)CC4)CC3)CC2)C2CCCC(C)C2)C1. The van der Waals surface area contributed by atoms with Gasteiger partial charge in [-0.2, -0.15) is 0 Å². The summed E-state index contributed by atoms with van der Waals surface area (Å²) in [6, 6.07) is 10.8. The van der Waals surface area contributed by atoms with E-state index in [0.29, 0.717) is 0 Å². The van der Waals surface area contributed by atoms with Crippen LogP contribution in [0.3, 0.4) is 0 Å². The molecule has 8 unspecified atom stereocenters. The van der Waals surface area contributed by atoms with Crippen molar-refractivity contribution in [3.05, 3.63) is 0 Å². The van der Waals surface area contributed by atoms with Crippen molar-refractivity contribution in [2.75, 3.05) is 0 Å². The lowest BCUT2D eigenvalue weighted by atomic mass is 9.68. The van der Waals surface area contributed by atoms with E-state index in [0.717, 1.165) is 132 Å². The maximum absolute atomic E-state index is 3.33. The van der Waals surface area contributed by atoms with Crippen molar-refractivity contribution in [1.29, 1.82) is 0 Å². The zero-order valence-corrected chi connectivity index (χ0v) is 53.8. The Morgan fingerprint density at radius 1 is 0.150 bits per heavy atom. The fourth-order valence-corrected chi connectivity index (χ4v) is 24.3. The van der Waals surface area contributed by atoms with Gasteiger partial charge in [0.25, 0.3) is 0 Å². The van der Waals surface area contributed by atoms with E-state index in [1.165, 1.54) is 244 Å². The molecule has 12 saturated carbocycles. The van der Waals surface area contributed by atoms with Crippen LogP contribution in [-0.2, 0) is 0 Å². The Morgan fingerprint density at radius 3 is 0.500 bits per heavy atom. The van der Waals surface area contributed by atoms with Gasteiger partial charge in [-0.15, -0.1) is 0 Å². The average Bonchev–Trinajstić information content (AvgIpc) is 3.50. The summed E-state index contributed by atoms with van der Waals surface area (Å²) >= 11 is 0. The molecular formula is C76H134N4. The van der Waals surface area contributed by atoms with Crippen molar-refractivity contribution in [2.24, 2.45) is 59.2 Å². The lowest BCUT2D eigenvalue weighted by molar-refractivity contribution is -0.0209.